The van der Waals surface area contributed by atoms with Crippen molar-refractivity contribution in [2.75, 3.05) is 25.0 Å². The van der Waals surface area contributed by atoms with E-state index in [-0.39, 0.29) is 23.7 Å². The third kappa shape index (κ3) is 5.02. The van der Waals surface area contributed by atoms with Crippen LogP contribution in [0, 0.1) is 18.7 Å². The zero-order valence-corrected chi connectivity index (χ0v) is 14.9. The molecule has 1 aromatic heterocycles. The molecule has 26 heavy (non-hydrogen) atoms. The lowest BCUT2D eigenvalue weighted by Gasteiger charge is -2.31. The number of benzene rings is 1. The Hall–Kier alpha value is -2.47. The molecule has 1 aromatic carbocycles. The molecule has 0 atom stereocenters. The minimum atomic E-state index is -0.413. The number of piperidine rings is 1. The number of H-pyrrole nitrogens is 1. The van der Waals surface area contributed by atoms with Gasteiger partial charge < -0.3 is 10.3 Å². The Morgan fingerprint density at radius 3 is 2.73 bits per heavy atom. The van der Waals surface area contributed by atoms with Crippen LogP contribution in [0.1, 0.15) is 24.0 Å². The number of aryl methyl sites for hydroxylation is 1. The fourth-order valence-corrected chi connectivity index (χ4v) is 3.38. The van der Waals surface area contributed by atoms with Gasteiger partial charge in [0, 0.05) is 12.3 Å². The van der Waals surface area contributed by atoms with E-state index in [1.54, 1.807) is 24.4 Å². The second kappa shape index (κ2) is 8.27. The molecule has 5 nitrogen and oxygen atoms in total. The Bertz CT molecular complexity index is 806. The first-order chi connectivity index (χ1) is 12.5. The summed E-state index contributed by atoms with van der Waals surface area (Å²) in [6, 6.07) is 8.11. The molecule has 0 spiro atoms. The number of hydrogen-bond acceptors (Lipinski definition) is 3. The van der Waals surface area contributed by atoms with Crippen molar-refractivity contribution in [2.24, 2.45) is 5.92 Å². The first-order valence-corrected chi connectivity index (χ1v) is 8.95. The molecule has 0 radical (unpaired) electrons. The highest BCUT2D eigenvalue weighted by Crippen LogP contribution is 2.21. The number of carbonyl (C=O) groups is 1. The van der Waals surface area contributed by atoms with Crippen molar-refractivity contribution in [1.82, 2.24) is 9.88 Å². The smallest absolute Gasteiger partial charge is 0.247 e. The van der Waals surface area contributed by atoms with E-state index in [1.807, 2.05) is 13.0 Å². The fraction of sp³-hybridized carbons (Fsp3) is 0.400. The summed E-state index contributed by atoms with van der Waals surface area (Å²) in [5.74, 6) is -0.0495. The van der Waals surface area contributed by atoms with Crippen LogP contribution in [0.2, 0.25) is 0 Å². The van der Waals surface area contributed by atoms with Crippen molar-refractivity contribution >= 4 is 11.6 Å². The average Bonchev–Trinajstić information content (AvgIpc) is 2.62. The number of aromatic amines is 1. The summed E-state index contributed by atoms with van der Waals surface area (Å²) in [5, 5.41) is 2.67. The van der Waals surface area contributed by atoms with Crippen LogP contribution in [0.15, 0.2) is 41.3 Å². The van der Waals surface area contributed by atoms with Crippen molar-refractivity contribution in [3.8, 4) is 0 Å². The van der Waals surface area contributed by atoms with Crippen LogP contribution in [-0.4, -0.2) is 35.4 Å². The van der Waals surface area contributed by atoms with Gasteiger partial charge in [-0.15, -0.1) is 0 Å². The Balaban J connectivity index is 1.46. The lowest BCUT2D eigenvalue weighted by atomic mass is 9.91. The molecular weight excluding hydrogens is 333 g/mol. The molecule has 0 unspecified atom stereocenters. The normalized spacial score (nSPS) is 15.8. The van der Waals surface area contributed by atoms with Crippen molar-refractivity contribution in [1.29, 1.82) is 0 Å². The number of nitrogens with zero attached hydrogens (tertiary/aromatic N) is 1. The largest absolute Gasteiger partial charge is 0.329 e. The van der Waals surface area contributed by atoms with Gasteiger partial charge in [0.15, 0.2) is 0 Å². The van der Waals surface area contributed by atoms with Gasteiger partial charge in [-0.3, -0.25) is 14.5 Å². The fourth-order valence-electron chi connectivity index (χ4n) is 3.38. The van der Waals surface area contributed by atoms with Gasteiger partial charge in [-0.2, -0.15) is 0 Å². The van der Waals surface area contributed by atoms with Gasteiger partial charge >= 0.3 is 0 Å². The summed E-state index contributed by atoms with van der Waals surface area (Å²) in [4.78, 5) is 28.1. The second-order valence-corrected chi connectivity index (χ2v) is 7.02. The summed E-state index contributed by atoms with van der Waals surface area (Å²) in [5.41, 5.74) is 2.20. The Morgan fingerprint density at radius 2 is 2.04 bits per heavy atom. The summed E-state index contributed by atoms with van der Waals surface area (Å²) >= 11 is 0. The van der Waals surface area contributed by atoms with E-state index >= 15 is 0 Å². The number of anilines is 1. The molecule has 3 rings (SSSR count). The lowest BCUT2D eigenvalue weighted by Crippen LogP contribution is -2.39. The van der Waals surface area contributed by atoms with E-state index in [9.17, 15) is 14.0 Å². The van der Waals surface area contributed by atoms with E-state index < -0.39 is 5.82 Å². The quantitative estimate of drug-likeness (QED) is 0.865. The lowest BCUT2D eigenvalue weighted by molar-refractivity contribution is -0.117. The zero-order valence-electron chi connectivity index (χ0n) is 14.9. The molecule has 1 aliphatic heterocycles. The van der Waals surface area contributed by atoms with Gasteiger partial charge in [-0.05, 0) is 68.5 Å². The number of halogens is 1. The molecule has 1 saturated heterocycles. The van der Waals surface area contributed by atoms with Crippen LogP contribution in [0.4, 0.5) is 10.1 Å². The van der Waals surface area contributed by atoms with Crippen LogP contribution in [-0.2, 0) is 11.2 Å². The molecule has 1 aliphatic rings. The second-order valence-electron chi connectivity index (χ2n) is 7.02. The highest BCUT2D eigenvalue weighted by molar-refractivity contribution is 5.92. The topological polar surface area (TPSA) is 65.2 Å². The van der Waals surface area contributed by atoms with Gasteiger partial charge in [-0.25, -0.2) is 4.39 Å². The van der Waals surface area contributed by atoms with Gasteiger partial charge in [0.1, 0.15) is 5.82 Å². The Kier molecular flexibility index (Phi) is 5.83. The van der Waals surface area contributed by atoms with Crippen LogP contribution in [0.25, 0.3) is 0 Å². The first-order valence-electron chi connectivity index (χ1n) is 8.95. The summed E-state index contributed by atoms with van der Waals surface area (Å²) in [6.07, 6.45) is 4.72. The van der Waals surface area contributed by atoms with Crippen molar-refractivity contribution in [3.63, 3.8) is 0 Å². The number of carbonyl (C=O) groups excluding carboxylic acids is 1. The number of aromatic nitrogens is 1. The molecule has 1 amide bonds. The molecule has 6 heteroatoms. The maximum absolute atomic E-state index is 13.7. The molecular formula is C20H24FN3O2. The van der Waals surface area contributed by atoms with E-state index in [2.05, 4.69) is 15.2 Å². The Labute approximate surface area is 152 Å². The first kappa shape index (κ1) is 18.3. The van der Waals surface area contributed by atoms with Crippen molar-refractivity contribution in [3.05, 3.63) is 63.8 Å². The van der Waals surface area contributed by atoms with Gasteiger partial charge in [0.05, 0.1) is 12.2 Å². The van der Waals surface area contributed by atoms with E-state index in [0.717, 1.165) is 43.5 Å². The van der Waals surface area contributed by atoms with Crippen molar-refractivity contribution < 1.29 is 9.18 Å². The monoisotopic (exact) mass is 357 g/mol. The SMILES string of the molecule is Cc1ccc(F)c(NC(=O)CN2CCC(Cc3ccc(=O)[nH]c3)CC2)c1. The molecule has 138 valence electrons. The van der Waals surface area contributed by atoms with Crippen LogP contribution in [0.3, 0.4) is 0 Å². The van der Waals surface area contributed by atoms with Gasteiger partial charge in [0.2, 0.25) is 11.5 Å². The molecule has 0 bridgehead atoms. The number of hydrogen-bond donors (Lipinski definition) is 2. The molecule has 2 N–H and O–H groups in total. The van der Waals surface area contributed by atoms with Crippen LogP contribution in [0.5, 0.6) is 0 Å². The Morgan fingerprint density at radius 1 is 1.27 bits per heavy atom. The van der Waals surface area contributed by atoms with Crippen LogP contribution < -0.4 is 10.9 Å². The highest BCUT2D eigenvalue weighted by Gasteiger charge is 2.21. The predicted octanol–water partition coefficient (Wildman–Crippen LogP) is 2.72. The molecule has 2 aromatic rings. The third-order valence-corrected chi connectivity index (χ3v) is 4.84. The van der Waals surface area contributed by atoms with Crippen molar-refractivity contribution in [2.45, 2.75) is 26.2 Å². The average molecular weight is 357 g/mol. The third-order valence-electron chi connectivity index (χ3n) is 4.84. The minimum absolute atomic E-state index is 0.0837. The minimum Gasteiger partial charge on any atom is -0.329 e. The summed E-state index contributed by atoms with van der Waals surface area (Å²) in [6.45, 7) is 3.83. The number of amides is 1. The summed E-state index contributed by atoms with van der Waals surface area (Å²) < 4.78 is 13.7. The number of nitrogens with one attached hydrogen (secondary N) is 2. The van der Waals surface area contributed by atoms with E-state index in [1.165, 1.54) is 6.07 Å². The number of likely N-dealkylation sites (tertiary alicyclic amines) is 1. The maximum atomic E-state index is 13.7. The maximum Gasteiger partial charge on any atom is 0.247 e. The predicted molar refractivity (Wildman–Crippen MR) is 99.7 cm³/mol. The van der Waals surface area contributed by atoms with E-state index in [0.29, 0.717) is 5.92 Å². The van der Waals surface area contributed by atoms with Gasteiger partial charge in [0.25, 0.3) is 0 Å². The van der Waals surface area contributed by atoms with E-state index in [4.69, 9.17) is 0 Å². The standard InChI is InChI=1S/C20H24FN3O2/c1-14-2-4-17(21)18(10-14)23-20(26)13-24-8-6-15(7-9-24)11-16-3-5-19(25)22-12-16/h2-5,10,12,15H,6-9,11,13H2,1H3,(H,22,25)(H,23,26). The highest BCUT2D eigenvalue weighted by atomic mass is 19.1. The number of pyridine rings is 1. The molecule has 0 aliphatic carbocycles. The number of rotatable bonds is 5. The zero-order chi connectivity index (χ0) is 18.5. The van der Waals surface area contributed by atoms with Gasteiger partial charge in [-0.1, -0.05) is 12.1 Å². The molecule has 2 heterocycles. The summed E-state index contributed by atoms with van der Waals surface area (Å²) in [7, 11) is 0. The van der Waals surface area contributed by atoms with Crippen LogP contribution >= 0.6 is 0 Å². The molecule has 1 fully saturated rings. The molecule has 0 saturated carbocycles.